The highest BCUT2D eigenvalue weighted by Crippen LogP contribution is 2.19. The second kappa shape index (κ2) is 5.88. The number of methoxy groups -OCH3 is 1. The lowest BCUT2D eigenvalue weighted by Crippen LogP contribution is -2.27. The fourth-order valence-electron chi connectivity index (χ4n) is 2.12. The number of rotatable bonds is 6. The van der Waals surface area contributed by atoms with Crippen LogP contribution in [0.5, 0.6) is 5.88 Å². The number of nitrogens with zero attached hydrogens (tertiary/aromatic N) is 4. The maximum absolute atomic E-state index is 5.97. The molecule has 2 N–H and O–H groups in total. The quantitative estimate of drug-likeness (QED) is 0.852. The van der Waals surface area contributed by atoms with E-state index in [1.807, 2.05) is 10.6 Å². The van der Waals surface area contributed by atoms with Gasteiger partial charge < -0.3 is 15.4 Å². The van der Waals surface area contributed by atoms with E-state index in [0.717, 1.165) is 37.3 Å². The van der Waals surface area contributed by atoms with E-state index < -0.39 is 0 Å². The number of anilines is 1. The van der Waals surface area contributed by atoms with Crippen molar-refractivity contribution in [3.8, 4) is 5.88 Å². The highest BCUT2D eigenvalue weighted by atomic mass is 16.5. The lowest BCUT2D eigenvalue weighted by atomic mass is 10.4. The number of pyridine rings is 1. The van der Waals surface area contributed by atoms with E-state index in [0.29, 0.717) is 11.8 Å². The van der Waals surface area contributed by atoms with Crippen LogP contribution in [0, 0.1) is 0 Å². The van der Waals surface area contributed by atoms with Crippen LogP contribution in [0.1, 0.15) is 13.8 Å². The molecular formula is C13H21N5O. The third kappa shape index (κ3) is 2.78. The third-order valence-electron chi connectivity index (χ3n) is 3.34. The van der Waals surface area contributed by atoms with Crippen LogP contribution in [0.15, 0.2) is 12.1 Å². The van der Waals surface area contributed by atoms with E-state index in [1.54, 1.807) is 13.2 Å². The summed E-state index contributed by atoms with van der Waals surface area (Å²) in [6, 6.07) is 3.68. The minimum absolute atomic E-state index is 0.503. The van der Waals surface area contributed by atoms with Gasteiger partial charge in [-0.05, 0) is 19.2 Å². The molecule has 19 heavy (non-hydrogen) atoms. The molecule has 6 heteroatoms. The van der Waals surface area contributed by atoms with Crippen molar-refractivity contribution < 1.29 is 4.74 Å². The first-order valence-electron chi connectivity index (χ1n) is 6.58. The normalized spacial score (nSPS) is 11.4. The fourth-order valence-corrected chi connectivity index (χ4v) is 2.12. The Kier molecular flexibility index (Phi) is 4.21. The summed E-state index contributed by atoms with van der Waals surface area (Å²) in [4.78, 5) is 11.1. The molecule has 0 radical (unpaired) electrons. The molecule has 0 saturated heterocycles. The fraction of sp³-hybridized carbons (Fsp3) is 0.538. The summed E-state index contributed by atoms with van der Waals surface area (Å²) in [5.74, 6) is 1.08. The third-order valence-corrected chi connectivity index (χ3v) is 3.34. The summed E-state index contributed by atoms with van der Waals surface area (Å²) in [5.41, 5.74) is 7.55. The zero-order chi connectivity index (χ0) is 13.8. The van der Waals surface area contributed by atoms with Crippen LogP contribution in [-0.4, -0.2) is 46.2 Å². The Bertz CT molecular complexity index is 547. The average molecular weight is 263 g/mol. The number of fused-ring (bicyclic) bond motifs is 1. The first-order chi connectivity index (χ1) is 9.19. The first-order valence-corrected chi connectivity index (χ1v) is 6.58. The highest BCUT2D eigenvalue weighted by Gasteiger charge is 2.11. The molecule has 0 spiro atoms. The number of ether oxygens (including phenoxy) is 1. The molecule has 2 rings (SSSR count). The number of nitrogen functional groups attached to an aromatic ring is 1. The Morgan fingerprint density at radius 1 is 1.26 bits per heavy atom. The zero-order valence-electron chi connectivity index (χ0n) is 11.8. The summed E-state index contributed by atoms with van der Waals surface area (Å²) in [6.07, 6.45) is 0. The smallest absolute Gasteiger partial charge is 0.215 e. The van der Waals surface area contributed by atoms with Gasteiger partial charge in [-0.15, -0.1) is 0 Å². The summed E-state index contributed by atoms with van der Waals surface area (Å²) >= 11 is 0. The monoisotopic (exact) mass is 263 g/mol. The van der Waals surface area contributed by atoms with Gasteiger partial charge in [0.25, 0.3) is 0 Å². The second-order valence-corrected chi connectivity index (χ2v) is 4.34. The molecule has 0 saturated carbocycles. The molecule has 0 atom stereocenters. The molecule has 104 valence electrons. The van der Waals surface area contributed by atoms with Gasteiger partial charge >= 0.3 is 0 Å². The van der Waals surface area contributed by atoms with Gasteiger partial charge in [-0.25, -0.2) is 4.98 Å². The van der Waals surface area contributed by atoms with E-state index in [2.05, 4.69) is 28.7 Å². The molecule has 0 aromatic carbocycles. The van der Waals surface area contributed by atoms with Crippen LogP contribution >= 0.6 is 0 Å². The summed E-state index contributed by atoms with van der Waals surface area (Å²) in [6.45, 7) is 8.08. The minimum Gasteiger partial charge on any atom is -0.481 e. The molecule has 0 aliphatic heterocycles. The second-order valence-electron chi connectivity index (χ2n) is 4.34. The number of aromatic nitrogens is 3. The van der Waals surface area contributed by atoms with Crippen molar-refractivity contribution >= 4 is 17.1 Å². The molecule has 0 unspecified atom stereocenters. The van der Waals surface area contributed by atoms with Crippen molar-refractivity contribution in [3.05, 3.63) is 12.1 Å². The summed E-state index contributed by atoms with van der Waals surface area (Å²) < 4.78 is 7.09. The van der Waals surface area contributed by atoms with Crippen molar-refractivity contribution in [2.24, 2.45) is 0 Å². The maximum atomic E-state index is 5.97. The molecule has 2 aromatic heterocycles. The predicted octanol–water partition coefficient (Wildman–Crippen LogP) is 1.36. The van der Waals surface area contributed by atoms with Crippen LogP contribution in [0.25, 0.3) is 11.2 Å². The maximum Gasteiger partial charge on any atom is 0.215 e. The largest absolute Gasteiger partial charge is 0.481 e. The van der Waals surface area contributed by atoms with Crippen LogP contribution in [0.4, 0.5) is 5.95 Å². The van der Waals surface area contributed by atoms with Crippen LogP contribution in [0.2, 0.25) is 0 Å². The molecule has 2 heterocycles. The standard InChI is InChI=1S/C13H21N5O/c1-4-17(5-2)8-9-18-12-10(15-13(18)14)6-7-11(16-12)19-3/h6-7H,4-5,8-9H2,1-3H3,(H2,14,15). The number of likely N-dealkylation sites (N-methyl/N-ethyl adjacent to an activating group) is 1. The van der Waals surface area contributed by atoms with Gasteiger partial charge in [-0.1, -0.05) is 13.8 Å². The van der Waals surface area contributed by atoms with E-state index >= 15 is 0 Å². The number of imidazole rings is 1. The summed E-state index contributed by atoms with van der Waals surface area (Å²) in [5, 5.41) is 0. The van der Waals surface area contributed by atoms with Gasteiger partial charge in [0.1, 0.15) is 5.52 Å². The van der Waals surface area contributed by atoms with Gasteiger partial charge in [0.2, 0.25) is 11.8 Å². The Hall–Kier alpha value is -1.82. The van der Waals surface area contributed by atoms with Gasteiger partial charge in [-0.2, -0.15) is 4.98 Å². The van der Waals surface area contributed by atoms with Crippen molar-refractivity contribution in [1.29, 1.82) is 0 Å². The van der Waals surface area contributed by atoms with Gasteiger partial charge in [0.15, 0.2) is 5.65 Å². The molecule has 0 fully saturated rings. The van der Waals surface area contributed by atoms with Crippen molar-refractivity contribution in [2.75, 3.05) is 32.5 Å². The van der Waals surface area contributed by atoms with E-state index in [-0.39, 0.29) is 0 Å². The van der Waals surface area contributed by atoms with Crippen molar-refractivity contribution in [2.45, 2.75) is 20.4 Å². The van der Waals surface area contributed by atoms with E-state index in [4.69, 9.17) is 10.5 Å². The number of hydrogen-bond donors (Lipinski definition) is 1. The average Bonchev–Trinajstić information content (AvgIpc) is 2.75. The topological polar surface area (TPSA) is 69.2 Å². The Labute approximate surface area is 113 Å². The predicted molar refractivity (Wildman–Crippen MR) is 76.3 cm³/mol. The Morgan fingerprint density at radius 2 is 2.00 bits per heavy atom. The lowest BCUT2D eigenvalue weighted by Gasteiger charge is -2.18. The van der Waals surface area contributed by atoms with E-state index in [1.165, 1.54) is 0 Å². The highest BCUT2D eigenvalue weighted by molar-refractivity contribution is 5.74. The molecule has 6 nitrogen and oxygen atoms in total. The van der Waals surface area contributed by atoms with Crippen LogP contribution in [0.3, 0.4) is 0 Å². The molecular weight excluding hydrogens is 242 g/mol. The number of hydrogen-bond acceptors (Lipinski definition) is 5. The van der Waals surface area contributed by atoms with Gasteiger partial charge in [0.05, 0.1) is 7.11 Å². The zero-order valence-corrected chi connectivity index (χ0v) is 11.8. The molecule has 0 bridgehead atoms. The SMILES string of the molecule is CCN(CC)CCn1c(N)nc2ccc(OC)nc21. The van der Waals surface area contributed by atoms with Crippen molar-refractivity contribution in [1.82, 2.24) is 19.4 Å². The van der Waals surface area contributed by atoms with Crippen LogP contribution in [-0.2, 0) is 6.54 Å². The van der Waals surface area contributed by atoms with Crippen molar-refractivity contribution in [3.63, 3.8) is 0 Å². The van der Waals surface area contributed by atoms with Crippen LogP contribution < -0.4 is 10.5 Å². The molecule has 0 aliphatic carbocycles. The molecule has 0 amide bonds. The minimum atomic E-state index is 0.503. The summed E-state index contributed by atoms with van der Waals surface area (Å²) in [7, 11) is 1.61. The Balaban J connectivity index is 2.28. The van der Waals surface area contributed by atoms with E-state index in [9.17, 15) is 0 Å². The first kappa shape index (κ1) is 13.6. The van der Waals surface area contributed by atoms with Gasteiger partial charge in [-0.3, -0.25) is 4.57 Å². The number of nitrogens with two attached hydrogens (primary N) is 1. The molecule has 0 aliphatic rings. The molecule has 2 aromatic rings. The Morgan fingerprint density at radius 3 is 2.63 bits per heavy atom. The van der Waals surface area contributed by atoms with Gasteiger partial charge in [0, 0.05) is 19.2 Å². The lowest BCUT2D eigenvalue weighted by molar-refractivity contribution is 0.292.